The molecule has 0 saturated carbocycles. The molecule has 6 nitrogen and oxygen atoms in total. The lowest BCUT2D eigenvalue weighted by atomic mass is 10.1. The number of thiophene rings is 1. The number of carboxylic acid groups (broad SMARTS) is 1. The number of Topliss-reactive ketones (excluding diaryl/α,β-unsaturated/α-hetero) is 1. The Bertz CT molecular complexity index is 691. The quantitative estimate of drug-likeness (QED) is 0.755. The lowest BCUT2D eigenvalue weighted by Gasteiger charge is -2.07. The minimum absolute atomic E-state index is 0.0598. The summed E-state index contributed by atoms with van der Waals surface area (Å²) in [5.41, 5.74) is 1.29. The van der Waals surface area contributed by atoms with Crippen LogP contribution in [-0.4, -0.2) is 22.9 Å². The molecule has 0 aliphatic rings. The normalized spacial score (nSPS) is 9.95. The molecule has 2 aromatic rings. The first-order chi connectivity index (χ1) is 9.97. The van der Waals surface area contributed by atoms with Gasteiger partial charge in [0.1, 0.15) is 4.88 Å². The molecule has 1 aromatic carbocycles. The minimum atomic E-state index is -1.09. The summed E-state index contributed by atoms with van der Waals surface area (Å²) < 4.78 is 0. The van der Waals surface area contributed by atoms with Crippen molar-refractivity contribution >= 4 is 40.5 Å². The predicted octanol–water partition coefficient (Wildman–Crippen LogP) is 3.29. The van der Waals surface area contributed by atoms with Crippen molar-refractivity contribution in [3.8, 4) is 0 Å². The van der Waals surface area contributed by atoms with E-state index in [9.17, 15) is 14.4 Å². The van der Waals surface area contributed by atoms with Crippen molar-refractivity contribution < 1.29 is 19.5 Å². The highest BCUT2D eigenvalue weighted by Gasteiger charge is 2.13. The maximum absolute atomic E-state index is 11.8. The number of aromatic carboxylic acids is 1. The fourth-order valence-electron chi connectivity index (χ4n) is 1.65. The zero-order valence-electron chi connectivity index (χ0n) is 11.0. The monoisotopic (exact) mass is 304 g/mol. The summed E-state index contributed by atoms with van der Waals surface area (Å²) >= 11 is 1.03. The molecule has 108 valence electrons. The van der Waals surface area contributed by atoms with Gasteiger partial charge in [-0.2, -0.15) is 0 Å². The van der Waals surface area contributed by atoms with Crippen LogP contribution in [0, 0.1) is 0 Å². The van der Waals surface area contributed by atoms with Gasteiger partial charge in [0, 0.05) is 11.3 Å². The first kappa shape index (κ1) is 14.7. The Morgan fingerprint density at radius 2 is 1.71 bits per heavy atom. The van der Waals surface area contributed by atoms with Gasteiger partial charge in [-0.25, -0.2) is 9.59 Å². The Morgan fingerprint density at radius 3 is 2.29 bits per heavy atom. The molecule has 21 heavy (non-hydrogen) atoms. The molecule has 0 spiro atoms. The molecule has 0 saturated heterocycles. The topological polar surface area (TPSA) is 95.5 Å². The van der Waals surface area contributed by atoms with Gasteiger partial charge in [0.15, 0.2) is 5.78 Å². The van der Waals surface area contributed by atoms with Crippen LogP contribution in [-0.2, 0) is 0 Å². The van der Waals surface area contributed by atoms with E-state index in [2.05, 4.69) is 10.6 Å². The molecule has 0 aliphatic carbocycles. The van der Waals surface area contributed by atoms with Crippen LogP contribution in [0.15, 0.2) is 35.7 Å². The van der Waals surface area contributed by atoms with Gasteiger partial charge < -0.3 is 15.7 Å². The molecule has 0 unspecified atom stereocenters. The summed E-state index contributed by atoms with van der Waals surface area (Å²) in [6, 6.07) is 7.37. The van der Waals surface area contributed by atoms with E-state index in [0.29, 0.717) is 11.3 Å². The van der Waals surface area contributed by atoms with Crippen LogP contribution in [0.3, 0.4) is 0 Å². The number of amides is 2. The maximum Gasteiger partial charge on any atom is 0.348 e. The number of anilines is 2. The number of rotatable bonds is 4. The van der Waals surface area contributed by atoms with Crippen LogP contribution in [0.1, 0.15) is 27.0 Å². The second-order valence-electron chi connectivity index (χ2n) is 4.18. The van der Waals surface area contributed by atoms with Gasteiger partial charge in [-0.1, -0.05) is 0 Å². The highest BCUT2D eigenvalue weighted by Crippen LogP contribution is 2.22. The molecular weight excluding hydrogens is 292 g/mol. The number of hydrogen-bond donors (Lipinski definition) is 3. The van der Waals surface area contributed by atoms with Crippen LogP contribution in [0.2, 0.25) is 0 Å². The van der Waals surface area contributed by atoms with E-state index in [-0.39, 0.29) is 16.3 Å². The van der Waals surface area contributed by atoms with Gasteiger partial charge in [0.2, 0.25) is 0 Å². The molecule has 0 aliphatic heterocycles. The van der Waals surface area contributed by atoms with Crippen LogP contribution >= 0.6 is 11.3 Å². The molecule has 2 amide bonds. The standard InChI is InChI=1S/C14H12N2O4S/c1-8(17)9-2-4-10(5-3-9)15-14(20)16-11-6-7-21-12(11)13(18)19/h2-7H,1H3,(H,18,19)(H2,15,16,20). The molecular formula is C14H12N2O4S. The van der Waals surface area contributed by atoms with E-state index in [1.807, 2.05) is 0 Å². The van der Waals surface area contributed by atoms with Gasteiger partial charge in [0.25, 0.3) is 0 Å². The SMILES string of the molecule is CC(=O)c1ccc(NC(=O)Nc2ccsc2C(=O)O)cc1. The van der Waals surface area contributed by atoms with Crippen molar-refractivity contribution in [2.24, 2.45) is 0 Å². The van der Waals surface area contributed by atoms with Gasteiger partial charge in [0.05, 0.1) is 5.69 Å². The van der Waals surface area contributed by atoms with Crippen molar-refractivity contribution in [3.05, 3.63) is 46.2 Å². The summed E-state index contributed by atoms with van der Waals surface area (Å²) in [5, 5.41) is 15.6. The molecule has 0 fully saturated rings. The molecule has 0 radical (unpaired) electrons. The average Bonchev–Trinajstić information content (AvgIpc) is 2.87. The number of nitrogens with one attached hydrogen (secondary N) is 2. The van der Waals surface area contributed by atoms with Crippen molar-refractivity contribution in [2.75, 3.05) is 10.6 Å². The molecule has 7 heteroatoms. The summed E-state index contributed by atoms with van der Waals surface area (Å²) in [7, 11) is 0. The third-order valence-corrected chi connectivity index (χ3v) is 3.56. The largest absolute Gasteiger partial charge is 0.477 e. The van der Waals surface area contributed by atoms with Gasteiger partial charge in [-0.15, -0.1) is 11.3 Å². The number of benzene rings is 1. The summed E-state index contributed by atoms with van der Waals surface area (Å²) in [6.07, 6.45) is 0. The van der Waals surface area contributed by atoms with E-state index in [4.69, 9.17) is 5.11 Å². The highest BCUT2D eigenvalue weighted by atomic mass is 32.1. The Kier molecular flexibility index (Phi) is 4.34. The third kappa shape index (κ3) is 3.67. The maximum atomic E-state index is 11.8. The van der Waals surface area contributed by atoms with E-state index in [0.717, 1.165) is 11.3 Å². The van der Waals surface area contributed by atoms with Crippen molar-refractivity contribution in [1.82, 2.24) is 0 Å². The average molecular weight is 304 g/mol. The second kappa shape index (κ2) is 6.19. The number of ketones is 1. The minimum Gasteiger partial charge on any atom is -0.477 e. The first-order valence-electron chi connectivity index (χ1n) is 5.97. The molecule has 1 heterocycles. The van der Waals surface area contributed by atoms with Crippen molar-refractivity contribution in [2.45, 2.75) is 6.92 Å². The molecule has 3 N–H and O–H groups in total. The lowest BCUT2D eigenvalue weighted by Crippen LogP contribution is -2.20. The lowest BCUT2D eigenvalue weighted by molar-refractivity contribution is 0.0703. The van der Waals surface area contributed by atoms with Crippen LogP contribution in [0.25, 0.3) is 0 Å². The fraction of sp³-hybridized carbons (Fsp3) is 0.0714. The number of urea groups is 1. The smallest absolute Gasteiger partial charge is 0.348 e. The highest BCUT2D eigenvalue weighted by molar-refractivity contribution is 7.12. The Hall–Kier alpha value is -2.67. The predicted molar refractivity (Wildman–Crippen MR) is 80.4 cm³/mol. The van der Waals surface area contributed by atoms with Crippen molar-refractivity contribution in [1.29, 1.82) is 0 Å². The number of hydrogen-bond acceptors (Lipinski definition) is 4. The van der Waals surface area contributed by atoms with Gasteiger partial charge in [-0.05, 0) is 42.6 Å². The van der Waals surface area contributed by atoms with Gasteiger partial charge in [-0.3, -0.25) is 4.79 Å². The van der Waals surface area contributed by atoms with Crippen molar-refractivity contribution in [3.63, 3.8) is 0 Å². The number of carbonyl (C=O) groups is 3. The van der Waals surface area contributed by atoms with Crippen LogP contribution in [0.4, 0.5) is 16.2 Å². The summed E-state index contributed by atoms with van der Waals surface area (Å²) in [6.45, 7) is 1.46. The van der Waals surface area contributed by atoms with E-state index in [1.54, 1.807) is 29.6 Å². The number of carbonyl (C=O) groups excluding carboxylic acids is 2. The first-order valence-corrected chi connectivity index (χ1v) is 6.85. The van der Waals surface area contributed by atoms with Gasteiger partial charge >= 0.3 is 12.0 Å². The Balaban J connectivity index is 2.03. The Labute approximate surface area is 124 Å². The van der Waals surface area contributed by atoms with E-state index in [1.165, 1.54) is 13.0 Å². The molecule has 0 atom stereocenters. The zero-order valence-corrected chi connectivity index (χ0v) is 11.9. The fourth-order valence-corrected chi connectivity index (χ4v) is 2.33. The summed E-state index contributed by atoms with van der Waals surface area (Å²) in [5.74, 6) is -1.15. The Morgan fingerprint density at radius 1 is 1.05 bits per heavy atom. The summed E-state index contributed by atoms with van der Waals surface area (Å²) in [4.78, 5) is 33.9. The number of carboxylic acids is 1. The van der Waals surface area contributed by atoms with Crippen LogP contribution in [0.5, 0.6) is 0 Å². The van der Waals surface area contributed by atoms with E-state index < -0.39 is 12.0 Å². The van der Waals surface area contributed by atoms with Crippen LogP contribution < -0.4 is 10.6 Å². The molecule has 1 aromatic heterocycles. The second-order valence-corrected chi connectivity index (χ2v) is 5.10. The molecule has 2 rings (SSSR count). The molecule has 0 bridgehead atoms. The zero-order chi connectivity index (χ0) is 15.4. The van der Waals surface area contributed by atoms with E-state index >= 15 is 0 Å². The third-order valence-electron chi connectivity index (χ3n) is 2.66.